The highest BCUT2D eigenvalue weighted by atomic mass is 127. The van der Waals surface area contributed by atoms with Gasteiger partial charge in [0.15, 0.2) is 10.9 Å². The Bertz CT molecular complexity index is 801. The highest BCUT2D eigenvalue weighted by Gasteiger charge is 2.06. The van der Waals surface area contributed by atoms with E-state index in [0.29, 0.717) is 19.7 Å². The number of ether oxygens (including phenoxy) is 1. The fourth-order valence-electron chi connectivity index (χ4n) is 2.38. The summed E-state index contributed by atoms with van der Waals surface area (Å²) in [4.78, 5) is 9.81. The zero-order valence-electron chi connectivity index (χ0n) is 14.2. The Labute approximate surface area is 168 Å². The van der Waals surface area contributed by atoms with Gasteiger partial charge in [-0.15, -0.1) is 35.3 Å². The molecule has 0 spiro atoms. The molecule has 6 nitrogen and oxygen atoms in total. The predicted molar refractivity (Wildman–Crippen MR) is 113 cm³/mol. The van der Waals surface area contributed by atoms with E-state index in [9.17, 15) is 0 Å². The van der Waals surface area contributed by atoms with Gasteiger partial charge >= 0.3 is 0 Å². The van der Waals surface area contributed by atoms with Gasteiger partial charge in [0.1, 0.15) is 5.75 Å². The first-order valence-electron chi connectivity index (χ1n) is 7.86. The zero-order chi connectivity index (χ0) is 16.8. The van der Waals surface area contributed by atoms with Gasteiger partial charge in [0.2, 0.25) is 0 Å². The topological polar surface area (TPSA) is 63.0 Å². The molecular weight excluding hydrogens is 449 g/mol. The van der Waals surface area contributed by atoms with Crippen molar-refractivity contribution in [3.8, 4) is 5.75 Å². The number of rotatable bonds is 6. The number of imidazole rings is 1. The Kier molecular flexibility index (Phi) is 7.51. The number of nitrogens with one attached hydrogen (secondary N) is 2. The highest BCUT2D eigenvalue weighted by Crippen LogP contribution is 2.17. The number of halogens is 1. The molecule has 2 heterocycles. The van der Waals surface area contributed by atoms with Crippen LogP contribution in [0.1, 0.15) is 18.2 Å². The van der Waals surface area contributed by atoms with Crippen molar-refractivity contribution in [2.75, 3.05) is 13.7 Å². The van der Waals surface area contributed by atoms with Gasteiger partial charge in [0.05, 0.1) is 18.8 Å². The maximum absolute atomic E-state index is 5.65. The lowest BCUT2D eigenvalue weighted by molar-refractivity contribution is 0.336. The standard InChI is InChI=1S/C17H21N5OS.HI/c1-3-23-15-7-5-4-6-13(15)10-19-16(18-2)20-11-14-12-22-8-9-24-17(22)21-14;/h4-9,12H,3,10-11H2,1-2H3,(H2,18,19,20);1H. The van der Waals surface area contributed by atoms with E-state index < -0.39 is 0 Å². The van der Waals surface area contributed by atoms with Crippen molar-refractivity contribution in [3.05, 3.63) is 53.3 Å². The molecule has 2 N–H and O–H groups in total. The molecule has 0 aliphatic heterocycles. The third-order valence-corrected chi connectivity index (χ3v) is 4.29. The van der Waals surface area contributed by atoms with E-state index in [2.05, 4.69) is 26.7 Å². The van der Waals surface area contributed by atoms with Crippen LogP contribution in [-0.4, -0.2) is 29.0 Å². The fraction of sp³-hybridized carbons (Fsp3) is 0.294. The van der Waals surface area contributed by atoms with Gasteiger partial charge in [0, 0.05) is 36.9 Å². The summed E-state index contributed by atoms with van der Waals surface area (Å²) in [5, 5.41) is 8.62. The van der Waals surface area contributed by atoms with E-state index in [1.54, 1.807) is 18.4 Å². The number of fused-ring (bicyclic) bond motifs is 1. The van der Waals surface area contributed by atoms with Crippen molar-refractivity contribution in [3.63, 3.8) is 0 Å². The van der Waals surface area contributed by atoms with E-state index in [4.69, 9.17) is 4.74 Å². The van der Waals surface area contributed by atoms with Crippen LogP contribution in [0.2, 0.25) is 0 Å². The van der Waals surface area contributed by atoms with E-state index in [-0.39, 0.29) is 24.0 Å². The van der Waals surface area contributed by atoms with Crippen molar-refractivity contribution in [2.24, 2.45) is 4.99 Å². The molecule has 0 radical (unpaired) electrons. The molecule has 8 heteroatoms. The number of aromatic nitrogens is 2. The number of benzene rings is 1. The van der Waals surface area contributed by atoms with Crippen LogP contribution in [0.3, 0.4) is 0 Å². The van der Waals surface area contributed by atoms with Crippen LogP contribution >= 0.6 is 35.3 Å². The summed E-state index contributed by atoms with van der Waals surface area (Å²) in [5.41, 5.74) is 2.09. The Morgan fingerprint density at radius 2 is 2.08 bits per heavy atom. The van der Waals surface area contributed by atoms with Crippen molar-refractivity contribution < 1.29 is 4.74 Å². The average molecular weight is 471 g/mol. The minimum atomic E-state index is 0. The van der Waals surface area contributed by atoms with Gasteiger partial charge in [-0.1, -0.05) is 18.2 Å². The van der Waals surface area contributed by atoms with Crippen molar-refractivity contribution in [2.45, 2.75) is 20.0 Å². The monoisotopic (exact) mass is 471 g/mol. The minimum absolute atomic E-state index is 0. The van der Waals surface area contributed by atoms with Gasteiger partial charge in [-0.2, -0.15) is 0 Å². The first-order chi connectivity index (χ1) is 11.8. The molecule has 0 saturated carbocycles. The van der Waals surface area contributed by atoms with Gasteiger partial charge in [-0.3, -0.25) is 9.39 Å². The average Bonchev–Trinajstić information content (AvgIpc) is 3.18. The molecule has 0 amide bonds. The molecular formula is C17H22IN5OS. The lowest BCUT2D eigenvalue weighted by atomic mass is 10.2. The minimum Gasteiger partial charge on any atom is -0.494 e. The summed E-state index contributed by atoms with van der Waals surface area (Å²) in [6.07, 6.45) is 4.03. The first-order valence-corrected chi connectivity index (χ1v) is 8.74. The van der Waals surface area contributed by atoms with Crippen LogP contribution in [0.25, 0.3) is 4.96 Å². The molecule has 3 aromatic rings. The Hall–Kier alpha value is -1.81. The van der Waals surface area contributed by atoms with Crippen molar-refractivity contribution in [1.82, 2.24) is 20.0 Å². The molecule has 0 aliphatic carbocycles. The summed E-state index contributed by atoms with van der Waals surface area (Å²) >= 11 is 1.63. The molecule has 3 rings (SSSR count). The second-order valence-electron chi connectivity index (χ2n) is 5.15. The summed E-state index contributed by atoms with van der Waals surface area (Å²) in [6.45, 7) is 3.91. The molecule has 25 heavy (non-hydrogen) atoms. The molecule has 0 aliphatic rings. The Morgan fingerprint density at radius 3 is 2.84 bits per heavy atom. The molecule has 1 aromatic carbocycles. The van der Waals surface area contributed by atoms with E-state index in [0.717, 1.165) is 27.9 Å². The maximum atomic E-state index is 5.65. The third-order valence-electron chi connectivity index (χ3n) is 3.52. The molecule has 0 fully saturated rings. The molecule has 0 atom stereocenters. The summed E-state index contributed by atoms with van der Waals surface area (Å²) in [6, 6.07) is 8.02. The number of hydrogen-bond acceptors (Lipinski definition) is 4. The van der Waals surface area contributed by atoms with Gasteiger partial charge < -0.3 is 15.4 Å². The summed E-state index contributed by atoms with van der Waals surface area (Å²) in [7, 11) is 1.76. The smallest absolute Gasteiger partial charge is 0.193 e. The predicted octanol–water partition coefficient (Wildman–Crippen LogP) is 3.28. The number of nitrogens with zero attached hydrogens (tertiary/aromatic N) is 3. The van der Waals surface area contributed by atoms with Crippen LogP contribution in [0.15, 0.2) is 47.0 Å². The van der Waals surface area contributed by atoms with E-state index in [1.807, 2.05) is 47.3 Å². The van der Waals surface area contributed by atoms with E-state index >= 15 is 0 Å². The lowest BCUT2D eigenvalue weighted by Crippen LogP contribution is -2.36. The second kappa shape index (κ2) is 9.62. The van der Waals surface area contributed by atoms with Gasteiger partial charge in [0.25, 0.3) is 0 Å². The normalized spacial score (nSPS) is 11.2. The van der Waals surface area contributed by atoms with Crippen LogP contribution in [0.5, 0.6) is 5.75 Å². The fourth-order valence-corrected chi connectivity index (χ4v) is 3.10. The van der Waals surface area contributed by atoms with Gasteiger partial charge in [-0.05, 0) is 13.0 Å². The zero-order valence-corrected chi connectivity index (χ0v) is 17.4. The number of para-hydroxylation sites is 1. The van der Waals surface area contributed by atoms with Crippen molar-refractivity contribution >= 4 is 46.2 Å². The second-order valence-corrected chi connectivity index (χ2v) is 6.02. The third kappa shape index (κ3) is 5.08. The lowest BCUT2D eigenvalue weighted by Gasteiger charge is -2.13. The maximum Gasteiger partial charge on any atom is 0.193 e. The highest BCUT2D eigenvalue weighted by molar-refractivity contribution is 14.0. The van der Waals surface area contributed by atoms with Crippen molar-refractivity contribution in [1.29, 1.82) is 0 Å². The first kappa shape index (κ1) is 19.5. The number of aliphatic imine (C=N–C) groups is 1. The number of hydrogen-bond donors (Lipinski definition) is 2. The molecule has 134 valence electrons. The van der Waals surface area contributed by atoms with Crippen LogP contribution in [0, 0.1) is 0 Å². The molecule has 0 unspecified atom stereocenters. The summed E-state index contributed by atoms with van der Waals surface area (Å²) < 4.78 is 7.67. The number of thiazole rings is 1. The largest absolute Gasteiger partial charge is 0.494 e. The quantitative estimate of drug-likeness (QED) is 0.329. The Balaban J connectivity index is 0.00000225. The van der Waals surface area contributed by atoms with E-state index in [1.165, 1.54) is 0 Å². The van der Waals surface area contributed by atoms with Crippen LogP contribution in [0.4, 0.5) is 0 Å². The van der Waals surface area contributed by atoms with Crippen LogP contribution < -0.4 is 15.4 Å². The Morgan fingerprint density at radius 1 is 1.28 bits per heavy atom. The molecule has 2 aromatic heterocycles. The molecule has 0 saturated heterocycles. The SMILES string of the molecule is CCOc1ccccc1CNC(=NC)NCc1cn2ccsc2n1.I. The van der Waals surface area contributed by atoms with Crippen LogP contribution in [-0.2, 0) is 13.1 Å². The molecule has 0 bridgehead atoms. The summed E-state index contributed by atoms with van der Waals surface area (Å²) in [5.74, 6) is 1.63. The number of guanidine groups is 1. The van der Waals surface area contributed by atoms with Gasteiger partial charge in [-0.25, -0.2) is 4.98 Å².